The highest BCUT2D eigenvalue weighted by molar-refractivity contribution is 5.94. The molecule has 6 heteroatoms. The van der Waals surface area contributed by atoms with Crippen molar-refractivity contribution in [2.24, 2.45) is 5.73 Å². The number of rotatable bonds is 5. The van der Waals surface area contributed by atoms with Crippen LogP contribution in [0.4, 0.5) is 0 Å². The molecule has 4 aromatic rings. The van der Waals surface area contributed by atoms with Crippen LogP contribution in [0.15, 0.2) is 48.7 Å². The summed E-state index contributed by atoms with van der Waals surface area (Å²) in [5.41, 5.74) is 11.3. The Labute approximate surface area is 156 Å². The van der Waals surface area contributed by atoms with Crippen LogP contribution in [0.2, 0.25) is 0 Å². The first-order valence-corrected chi connectivity index (χ1v) is 8.92. The minimum atomic E-state index is 0.290. The van der Waals surface area contributed by atoms with Crippen LogP contribution in [-0.2, 0) is 6.42 Å². The molecule has 0 aliphatic rings. The maximum Gasteiger partial charge on any atom is 0.159 e. The van der Waals surface area contributed by atoms with Crippen molar-refractivity contribution in [3.63, 3.8) is 0 Å². The van der Waals surface area contributed by atoms with E-state index in [2.05, 4.69) is 39.2 Å². The molecular formula is C21H21N5O. The number of benzene rings is 2. The summed E-state index contributed by atoms with van der Waals surface area (Å²) in [7, 11) is 0. The summed E-state index contributed by atoms with van der Waals surface area (Å²) in [6.07, 6.45) is 6.42. The van der Waals surface area contributed by atoms with Crippen molar-refractivity contribution in [3.05, 3.63) is 59.9 Å². The Kier molecular flexibility index (Phi) is 4.48. The van der Waals surface area contributed by atoms with Crippen molar-refractivity contribution in [3.8, 4) is 28.4 Å². The lowest BCUT2D eigenvalue weighted by Gasteiger charge is -2.09. The molecule has 0 fully saturated rings. The van der Waals surface area contributed by atoms with Gasteiger partial charge in [0.05, 0.1) is 11.2 Å². The molecule has 136 valence electrons. The number of nitrogens with one attached hydrogen (secondary N) is 2. The number of fused-ring (bicyclic) bond motifs is 1. The predicted molar refractivity (Wildman–Crippen MR) is 108 cm³/mol. The standard InChI is InChI=1S/C21H21N5O/c1-2-13-10-16(27)6-8-17(13)14-5-7-18-19(11-14)25-26-20(18)21-23-12-15(24-21)4-3-9-22/h3-8,10-12,27H,2,9,22H2,1H3,(H,23,24)(H,25,26). The predicted octanol–water partition coefficient (Wildman–Crippen LogP) is 3.86. The molecule has 6 nitrogen and oxygen atoms in total. The Morgan fingerprint density at radius 2 is 2.07 bits per heavy atom. The maximum absolute atomic E-state index is 9.73. The van der Waals surface area contributed by atoms with Gasteiger partial charge in [-0.2, -0.15) is 5.10 Å². The zero-order chi connectivity index (χ0) is 18.8. The Bertz CT molecular complexity index is 1120. The molecule has 0 aliphatic heterocycles. The van der Waals surface area contributed by atoms with E-state index >= 15 is 0 Å². The van der Waals surface area contributed by atoms with Gasteiger partial charge in [-0.05, 0) is 53.5 Å². The van der Waals surface area contributed by atoms with Gasteiger partial charge in [-0.3, -0.25) is 5.10 Å². The zero-order valence-electron chi connectivity index (χ0n) is 15.0. The van der Waals surface area contributed by atoms with Gasteiger partial charge in [0.1, 0.15) is 11.4 Å². The minimum absolute atomic E-state index is 0.290. The number of hydrogen-bond donors (Lipinski definition) is 4. The highest BCUT2D eigenvalue weighted by Gasteiger charge is 2.13. The molecule has 0 bridgehead atoms. The number of aryl methyl sites for hydroxylation is 1. The molecule has 0 aliphatic carbocycles. The molecule has 0 saturated carbocycles. The summed E-state index contributed by atoms with van der Waals surface area (Å²) in [5, 5.41) is 18.3. The fourth-order valence-electron chi connectivity index (χ4n) is 3.25. The van der Waals surface area contributed by atoms with Crippen LogP contribution in [0.5, 0.6) is 5.75 Å². The average molecular weight is 359 g/mol. The summed E-state index contributed by atoms with van der Waals surface area (Å²) in [4.78, 5) is 7.72. The summed E-state index contributed by atoms with van der Waals surface area (Å²) in [6, 6.07) is 11.7. The lowest BCUT2D eigenvalue weighted by atomic mass is 9.97. The first-order valence-electron chi connectivity index (χ1n) is 8.92. The SMILES string of the molecule is CCc1cc(O)ccc1-c1ccc2c(-c3nc(C=CCN)c[nH]3)n[nH]c2c1. The number of aromatic amines is 2. The largest absolute Gasteiger partial charge is 0.508 e. The van der Waals surface area contributed by atoms with Crippen molar-refractivity contribution in [1.29, 1.82) is 0 Å². The number of H-pyrrole nitrogens is 2. The second-order valence-electron chi connectivity index (χ2n) is 6.34. The average Bonchev–Trinajstić information content (AvgIpc) is 3.32. The van der Waals surface area contributed by atoms with Gasteiger partial charge in [-0.1, -0.05) is 25.1 Å². The number of aromatic nitrogens is 4. The fourth-order valence-corrected chi connectivity index (χ4v) is 3.25. The molecule has 0 atom stereocenters. The number of phenols is 1. The van der Waals surface area contributed by atoms with E-state index in [9.17, 15) is 5.11 Å². The molecule has 27 heavy (non-hydrogen) atoms. The van der Waals surface area contributed by atoms with E-state index in [1.807, 2.05) is 36.5 Å². The van der Waals surface area contributed by atoms with Gasteiger partial charge in [0, 0.05) is 18.1 Å². The van der Waals surface area contributed by atoms with Crippen molar-refractivity contribution in [2.75, 3.05) is 6.54 Å². The van der Waals surface area contributed by atoms with Gasteiger partial charge in [-0.15, -0.1) is 0 Å². The highest BCUT2D eigenvalue weighted by Crippen LogP contribution is 2.32. The van der Waals surface area contributed by atoms with E-state index < -0.39 is 0 Å². The van der Waals surface area contributed by atoms with Crippen molar-refractivity contribution in [2.45, 2.75) is 13.3 Å². The number of hydrogen-bond acceptors (Lipinski definition) is 4. The Morgan fingerprint density at radius 1 is 1.19 bits per heavy atom. The van der Waals surface area contributed by atoms with Crippen LogP contribution in [0, 0.1) is 0 Å². The summed E-state index contributed by atoms with van der Waals surface area (Å²) >= 11 is 0. The summed E-state index contributed by atoms with van der Waals surface area (Å²) in [6.45, 7) is 2.56. The van der Waals surface area contributed by atoms with Gasteiger partial charge in [0.15, 0.2) is 5.82 Å². The third-order valence-corrected chi connectivity index (χ3v) is 4.59. The molecule has 0 spiro atoms. The zero-order valence-corrected chi connectivity index (χ0v) is 15.0. The lowest BCUT2D eigenvalue weighted by molar-refractivity contribution is 0.474. The summed E-state index contributed by atoms with van der Waals surface area (Å²) < 4.78 is 0. The van der Waals surface area contributed by atoms with E-state index in [-0.39, 0.29) is 5.75 Å². The Balaban J connectivity index is 1.74. The van der Waals surface area contributed by atoms with Gasteiger partial charge < -0.3 is 15.8 Å². The van der Waals surface area contributed by atoms with Crippen LogP contribution >= 0.6 is 0 Å². The molecule has 2 aromatic heterocycles. The number of phenolic OH excluding ortho intramolecular Hbond substituents is 1. The second kappa shape index (κ2) is 7.09. The van der Waals surface area contributed by atoms with E-state index in [1.165, 1.54) is 0 Å². The van der Waals surface area contributed by atoms with Gasteiger partial charge >= 0.3 is 0 Å². The molecule has 2 heterocycles. The van der Waals surface area contributed by atoms with Gasteiger partial charge in [0.25, 0.3) is 0 Å². The highest BCUT2D eigenvalue weighted by atomic mass is 16.3. The van der Waals surface area contributed by atoms with E-state index in [0.717, 1.165) is 45.4 Å². The monoisotopic (exact) mass is 359 g/mol. The van der Waals surface area contributed by atoms with Gasteiger partial charge in [0.2, 0.25) is 0 Å². The molecule has 0 amide bonds. The van der Waals surface area contributed by atoms with Gasteiger partial charge in [-0.25, -0.2) is 4.98 Å². The maximum atomic E-state index is 9.73. The number of nitrogens with zero attached hydrogens (tertiary/aromatic N) is 2. The summed E-state index contributed by atoms with van der Waals surface area (Å²) in [5.74, 6) is 1.00. The smallest absolute Gasteiger partial charge is 0.159 e. The van der Waals surface area contributed by atoms with Crippen LogP contribution in [0.25, 0.3) is 39.6 Å². The van der Waals surface area contributed by atoms with E-state index in [1.54, 1.807) is 6.07 Å². The lowest BCUT2D eigenvalue weighted by Crippen LogP contribution is -1.91. The molecule has 0 radical (unpaired) electrons. The van der Waals surface area contributed by atoms with Crippen LogP contribution in [-0.4, -0.2) is 31.8 Å². The first kappa shape index (κ1) is 17.1. The first-order chi connectivity index (χ1) is 13.2. The number of nitrogens with two attached hydrogens (primary N) is 1. The van der Waals surface area contributed by atoms with E-state index in [0.29, 0.717) is 12.4 Å². The van der Waals surface area contributed by atoms with Crippen molar-refractivity contribution < 1.29 is 5.11 Å². The molecule has 4 rings (SSSR count). The number of imidazole rings is 1. The van der Waals surface area contributed by atoms with Crippen LogP contribution in [0.3, 0.4) is 0 Å². The second-order valence-corrected chi connectivity index (χ2v) is 6.34. The Hall–Kier alpha value is -3.38. The molecule has 0 saturated heterocycles. The van der Waals surface area contributed by atoms with E-state index in [4.69, 9.17) is 5.73 Å². The topological polar surface area (TPSA) is 104 Å². The normalized spacial score (nSPS) is 11.6. The molecule has 5 N–H and O–H groups in total. The Morgan fingerprint density at radius 3 is 2.89 bits per heavy atom. The molecule has 2 aromatic carbocycles. The van der Waals surface area contributed by atoms with Crippen molar-refractivity contribution >= 4 is 17.0 Å². The van der Waals surface area contributed by atoms with Crippen LogP contribution in [0.1, 0.15) is 18.2 Å². The number of aromatic hydroxyl groups is 1. The van der Waals surface area contributed by atoms with Crippen molar-refractivity contribution in [1.82, 2.24) is 20.2 Å². The molecule has 0 unspecified atom stereocenters. The third-order valence-electron chi connectivity index (χ3n) is 4.59. The quantitative estimate of drug-likeness (QED) is 0.434. The third kappa shape index (κ3) is 3.22. The molecular weight excluding hydrogens is 338 g/mol. The fraction of sp³-hybridized carbons (Fsp3) is 0.143. The van der Waals surface area contributed by atoms with Crippen LogP contribution < -0.4 is 5.73 Å². The minimum Gasteiger partial charge on any atom is -0.508 e.